The molecule has 0 radical (unpaired) electrons. The first kappa shape index (κ1) is 12.0. The summed E-state index contributed by atoms with van der Waals surface area (Å²) in [4.78, 5) is 0. The number of unbranched alkanes of at least 4 members (excludes halogenated alkanes) is 2. The maximum Gasteiger partial charge on any atom is 0.0157 e. The fourth-order valence-electron chi connectivity index (χ4n) is 2.82. The van der Waals surface area contributed by atoms with Crippen molar-refractivity contribution in [3.63, 3.8) is 0 Å². The van der Waals surface area contributed by atoms with Crippen LogP contribution in [0.1, 0.15) is 71.6 Å². The highest BCUT2D eigenvalue weighted by Crippen LogP contribution is 2.35. The summed E-state index contributed by atoms with van der Waals surface area (Å²) < 4.78 is 0. The fraction of sp³-hybridized carbons (Fsp3) is 1.00. The summed E-state index contributed by atoms with van der Waals surface area (Å²) in [5.74, 6) is 0.912. The highest BCUT2D eigenvalue weighted by Gasteiger charge is 2.31. The first-order valence-electron chi connectivity index (χ1n) is 6.49. The van der Waals surface area contributed by atoms with Crippen LogP contribution in [0.15, 0.2) is 0 Å². The van der Waals surface area contributed by atoms with Crippen LogP contribution in [-0.4, -0.2) is 5.54 Å². The molecule has 0 heterocycles. The zero-order valence-corrected chi connectivity index (χ0v) is 10.0. The van der Waals surface area contributed by atoms with Gasteiger partial charge in [-0.05, 0) is 25.2 Å². The molecule has 0 amide bonds. The molecule has 1 nitrogen and oxygen atoms in total. The number of hydrogen-bond donors (Lipinski definition) is 1. The van der Waals surface area contributed by atoms with E-state index in [-0.39, 0.29) is 5.54 Å². The molecule has 0 aliphatic heterocycles. The molecule has 2 unspecified atom stereocenters. The Kier molecular flexibility index (Phi) is 4.94. The molecule has 1 aliphatic carbocycles. The largest absolute Gasteiger partial charge is 0.325 e. The third kappa shape index (κ3) is 3.61. The Morgan fingerprint density at radius 3 is 2.71 bits per heavy atom. The molecule has 2 N–H and O–H groups in total. The first-order chi connectivity index (χ1) is 6.70. The molecule has 0 aromatic rings. The molecule has 2 atom stereocenters. The highest BCUT2D eigenvalue weighted by molar-refractivity contribution is 4.90. The summed E-state index contributed by atoms with van der Waals surface area (Å²) in [7, 11) is 0. The van der Waals surface area contributed by atoms with E-state index in [2.05, 4.69) is 13.8 Å². The quantitative estimate of drug-likeness (QED) is 0.665. The molecule has 14 heavy (non-hydrogen) atoms. The van der Waals surface area contributed by atoms with E-state index in [9.17, 15) is 0 Å². The lowest BCUT2D eigenvalue weighted by molar-refractivity contribution is 0.204. The predicted molar refractivity (Wildman–Crippen MR) is 63.3 cm³/mol. The van der Waals surface area contributed by atoms with E-state index in [1.165, 1.54) is 57.8 Å². The van der Waals surface area contributed by atoms with Gasteiger partial charge in [-0.3, -0.25) is 0 Å². The van der Waals surface area contributed by atoms with E-state index in [0.717, 1.165) is 5.92 Å². The van der Waals surface area contributed by atoms with Gasteiger partial charge in [0.2, 0.25) is 0 Å². The standard InChI is InChI=1S/C13H27N/c1-3-5-6-9-13(14)10-7-8-12(4-2)11-13/h12H,3-11,14H2,1-2H3. The molecule has 0 bridgehead atoms. The SMILES string of the molecule is CCCCCC1(N)CCCC(CC)C1. The van der Waals surface area contributed by atoms with Crippen LogP contribution in [0.5, 0.6) is 0 Å². The maximum absolute atomic E-state index is 6.47. The van der Waals surface area contributed by atoms with Crippen molar-refractivity contribution in [2.24, 2.45) is 11.7 Å². The first-order valence-corrected chi connectivity index (χ1v) is 6.49. The predicted octanol–water partition coefficient (Wildman–Crippen LogP) is 3.86. The van der Waals surface area contributed by atoms with E-state index < -0.39 is 0 Å². The normalized spacial score (nSPS) is 33.2. The van der Waals surface area contributed by atoms with Crippen LogP contribution in [0.4, 0.5) is 0 Å². The van der Waals surface area contributed by atoms with Gasteiger partial charge in [0.05, 0.1) is 0 Å². The lowest BCUT2D eigenvalue weighted by Crippen LogP contribution is -2.44. The number of hydrogen-bond acceptors (Lipinski definition) is 1. The Bertz CT molecular complexity index is 155. The summed E-state index contributed by atoms with van der Waals surface area (Å²) in [5.41, 5.74) is 6.67. The lowest BCUT2D eigenvalue weighted by Gasteiger charge is -2.38. The molecule has 0 saturated heterocycles. The Morgan fingerprint density at radius 1 is 1.29 bits per heavy atom. The Balaban J connectivity index is 2.31. The van der Waals surface area contributed by atoms with Crippen molar-refractivity contribution in [2.75, 3.05) is 0 Å². The molecule has 1 saturated carbocycles. The van der Waals surface area contributed by atoms with Crippen molar-refractivity contribution in [3.05, 3.63) is 0 Å². The second kappa shape index (κ2) is 5.75. The summed E-state index contributed by atoms with van der Waals surface area (Å²) >= 11 is 0. The molecule has 84 valence electrons. The van der Waals surface area contributed by atoms with Gasteiger partial charge < -0.3 is 5.73 Å². The summed E-state index contributed by atoms with van der Waals surface area (Å²) in [5, 5.41) is 0. The molecule has 1 fully saturated rings. The van der Waals surface area contributed by atoms with Crippen molar-refractivity contribution in [2.45, 2.75) is 77.2 Å². The maximum atomic E-state index is 6.47. The topological polar surface area (TPSA) is 26.0 Å². The van der Waals surface area contributed by atoms with Crippen LogP contribution in [0.3, 0.4) is 0 Å². The summed E-state index contributed by atoms with van der Waals surface area (Å²) in [6, 6.07) is 0. The summed E-state index contributed by atoms with van der Waals surface area (Å²) in [6.45, 7) is 4.57. The number of rotatable bonds is 5. The molecule has 1 aliphatic rings. The molecular formula is C13H27N. The fourth-order valence-corrected chi connectivity index (χ4v) is 2.82. The van der Waals surface area contributed by atoms with Crippen LogP contribution in [0.2, 0.25) is 0 Å². The van der Waals surface area contributed by atoms with Crippen molar-refractivity contribution in [1.29, 1.82) is 0 Å². The Hall–Kier alpha value is -0.0400. The van der Waals surface area contributed by atoms with Gasteiger partial charge in [-0.2, -0.15) is 0 Å². The Morgan fingerprint density at radius 2 is 2.07 bits per heavy atom. The molecule has 1 rings (SSSR count). The minimum absolute atomic E-state index is 0.202. The van der Waals surface area contributed by atoms with Crippen molar-refractivity contribution in [3.8, 4) is 0 Å². The van der Waals surface area contributed by atoms with Gasteiger partial charge in [0.1, 0.15) is 0 Å². The average Bonchev–Trinajstić information content (AvgIpc) is 2.18. The third-order valence-electron chi connectivity index (χ3n) is 3.84. The monoisotopic (exact) mass is 197 g/mol. The van der Waals surface area contributed by atoms with Crippen LogP contribution < -0.4 is 5.73 Å². The molecular weight excluding hydrogens is 170 g/mol. The van der Waals surface area contributed by atoms with E-state index in [1.807, 2.05) is 0 Å². The summed E-state index contributed by atoms with van der Waals surface area (Å²) in [6.07, 6.45) is 11.9. The third-order valence-corrected chi connectivity index (χ3v) is 3.84. The van der Waals surface area contributed by atoms with Crippen LogP contribution in [0.25, 0.3) is 0 Å². The van der Waals surface area contributed by atoms with Crippen molar-refractivity contribution < 1.29 is 0 Å². The minimum atomic E-state index is 0.202. The van der Waals surface area contributed by atoms with E-state index in [4.69, 9.17) is 5.73 Å². The van der Waals surface area contributed by atoms with Crippen LogP contribution >= 0.6 is 0 Å². The van der Waals surface area contributed by atoms with Crippen LogP contribution in [0, 0.1) is 5.92 Å². The number of nitrogens with two attached hydrogens (primary N) is 1. The zero-order chi connectivity index (χ0) is 10.4. The van der Waals surface area contributed by atoms with Gasteiger partial charge in [-0.1, -0.05) is 52.4 Å². The van der Waals surface area contributed by atoms with E-state index in [1.54, 1.807) is 0 Å². The van der Waals surface area contributed by atoms with Gasteiger partial charge in [0.15, 0.2) is 0 Å². The van der Waals surface area contributed by atoms with Crippen molar-refractivity contribution in [1.82, 2.24) is 0 Å². The van der Waals surface area contributed by atoms with Gasteiger partial charge >= 0.3 is 0 Å². The highest BCUT2D eigenvalue weighted by atomic mass is 14.7. The van der Waals surface area contributed by atoms with Crippen LogP contribution in [-0.2, 0) is 0 Å². The second-order valence-corrected chi connectivity index (χ2v) is 5.19. The van der Waals surface area contributed by atoms with Gasteiger partial charge in [-0.25, -0.2) is 0 Å². The zero-order valence-electron chi connectivity index (χ0n) is 10.0. The van der Waals surface area contributed by atoms with Gasteiger partial charge in [-0.15, -0.1) is 0 Å². The molecule has 0 spiro atoms. The average molecular weight is 197 g/mol. The lowest BCUT2D eigenvalue weighted by atomic mass is 9.73. The molecule has 0 aromatic carbocycles. The minimum Gasteiger partial charge on any atom is -0.325 e. The van der Waals surface area contributed by atoms with E-state index in [0.29, 0.717) is 0 Å². The van der Waals surface area contributed by atoms with Gasteiger partial charge in [0.25, 0.3) is 0 Å². The molecule has 1 heteroatoms. The van der Waals surface area contributed by atoms with E-state index >= 15 is 0 Å². The Labute approximate surface area is 89.5 Å². The smallest absolute Gasteiger partial charge is 0.0157 e. The second-order valence-electron chi connectivity index (χ2n) is 5.19. The molecule has 0 aromatic heterocycles. The van der Waals surface area contributed by atoms with Gasteiger partial charge in [0, 0.05) is 5.54 Å². The van der Waals surface area contributed by atoms with Crippen molar-refractivity contribution >= 4 is 0 Å².